The number of aromatic carboxylic acids is 1. The predicted octanol–water partition coefficient (Wildman–Crippen LogP) is 8.15. The molecule has 0 saturated heterocycles. The lowest BCUT2D eigenvalue weighted by Crippen LogP contribution is -2.30. The second-order valence-corrected chi connectivity index (χ2v) is 12.8. The molecule has 0 saturated carbocycles. The van der Waals surface area contributed by atoms with Gasteiger partial charge in [0.15, 0.2) is 0 Å². The Kier molecular flexibility index (Phi) is 12.1. The number of carbonyl (C=O) groups is 4. The van der Waals surface area contributed by atoms with Crippen LogP contribution in [0.5, 0.6) is 5.75 Å². The van der Waals surface area contributed by atoms with E-state index in [-0.39, 0.29) is 27.9 Å². The lowest BCUT2D eigenvalue weighted by molar-refractivity contribution is -0.115. The van der Waals surface area contributed by atoms with E-state index in [1.807, 2.05) is 30.3 Å². The number of thioether (sulfide) groups is 1. The number of rotatable bonds is 13. The van der Waals surface area contributed by atoms with Gasteiger partial charge in [-0.15, -0.1) is 11.8 Å². The van der Waals surface area contributed by atoms with Gasteiger partial charge in [-0.2, -0.15) is 0 Å². The maximum atomic E-state index is 13.6. The number of benzene rings is 5. The lowest BCUT2D eigenvalue weighted by atomic mass is 10.1. The molecule has 50 heavy (non-hydrogen) atoms. The number of amides is 3. The molecule has 0 radical (unpaired) electrons. The molecule has 0 heterocycles. The molecule has 0 spiro atoms. The number of halogens is 1. The summed E-state index contributed by atoms with van der Waals surface area (Å²) in [5, 5.41) is 17.1. The first-order valence-corrected chi connectivity index (χ1v) is 16.7. The number of hydrogen-bond donors (Lipinski definition) is 4. The fraction of sp³-hybridized carbons (Fsp3) is 0.0769. The molecule has 252 valence electrons. The van der Waals surface area contributed by atoms with Crippen molar-refractivity contribution in [3.63, 3.8) is 0 Å². The summed E-state index contributed by atoms with van der Waals surface area (Å²) >= 11 is 7.40. The van der Waals surface area contributed by atoms with Gasteiger partial charge in [0.1, 0.15) is 18.1 Å². The van der Waals surface area contributed by atoms with Crippen LogP contribution in [-0.2, 0) is 16.2 Å². The molecule has 4 N–H and O–H groups in total. The van der Waals surface area contributed by atoms with Crippen molar-refractivity contribution in [3.05, 3.63) is 160 Å². The number of anilines is 2. The summed E-state index contributed by atoms with van der Waals surface area (Å²) < 4.78 is 5.88. The number of ether oxygens (including phenoxy) is 1. The summed E-state index contributed by atoms with van der Waals surface area (Å²) in [7, 11) is 0. The van der Waals surface area contributed by atoms with E-state index in [1.54, 1.807) is 91.9 Å². The highest BCUT2D eigenvalue weighted by Gasteiger charge is 2.19. The number of nitrogens with one attached hydrogen (secondary N) is 3. The normalized spacial score (nSPS) is 11.6. The largest absolute Gasteiger partial charge is 0.489 e. The molecule has 9 nitrogen and oxygen atoms in total. The molecular formula is C39H32ClN3O6S. The zero-order valence-corrected chi connectivity index (χ0v) is 28.3. The average Bonchev–Trinajstić information content (AvgIpc) is 3.12. The van der Waals surface area contributed by atoms with Gasteiger partial charge in [-0.3, -0.25) is 14.4 Å². The summed E-state index contributed by atoms with van der Waals surface area (Å²) in [5.41, 5.74) is 2.72. The number of carbonyl (C=O) groups excluding carboxylic acids is 3. The SMILES string of the molecule is CC(Sc1cccc(NC(=O)/C(=C\c2ccc(OCc3ccccc3)cc2)NC(=O)c2ccccc2)c1)C(=O)Nc1cc(C(=O)O)ccc1Cl. The maximum Gasteiger partial charge on any atom is 0.335 e. The summed E-state index contributed by atoms with van der Waals surface area (Å²) in [5.74, 6) is -1.88. The number of carboxylic acids is 1. The first-order chi connectivity index (χ1) is 24.1. The van der Waals surface area contributed by atoms with Crippen molar-refractivity contribution in [1.29, 1.82) is 0 Å². The van der Waals surface area contributed by atoms with E-state index in [1.165, 1.54) is 30.0 Å². The van der Waals surface area contributed by atoms with Crippen molar-refractivity contribution in [2.75, 3.05) is 10.6 Å². The third-order valence-electron chi connectivity index (χ3n) is 7.21. The molecule has 3 amide bonds. The molecule has 0 bridgehead atoms. The molecule has 0 fully saturated rings. The van der Waals surface area contributed by atoms with Crippen molar-refractivity contribution in [2.24, 2.45) is 0 Å². The fourth-order valence-electron chi connectivity index (χ4n) is 4.60. The Labute approximate surface area is 298 Å². The van der Waals surface area contributed by atoms with Gasteiger partial charge in [0.25, 0.3) is 11.8 Å². The Morgan fingerprint density at radius 2 is 1.50 bits per heavy atom. The van der Waals surface area contributed by atoms with Crippen molar-refractivity contribution in [3.8, 4) is 5.75 Å². The second-order valence-electron chi connectivity index (χ2n) is 11.0. The van der Waals surface area contributed by atoms with Crippen LogP contribution in [0.25, 0.3) is 6.08 Å². The van der Waals surface area contributed by atoms with E-state index >= 15 is 0 Å². The number of hydrogen-bond acceptors (Lipinski definition) is 6. The van der Waals surface area contributed by atoms with E-state index in [9.17, 15) is 24.3 Å². The highest BCUT2D eigenvalue weighted by Crippen LogP contribution is 2.29. The van der Waals surface area contributed by atoms with Crippen LogP contribution in [0.1, 0.15) is 38.8 Å². The molecule has 5 aromatic carbocycles. The lowest BCUT2D eigenvalue weighted by Gasteiger charge is -2.15. The third kappa shape index (κ3) is 10.1. The van der Waals surface area contributed by atoms with Gasteiger partial charge in [-0.05, 0) is 84.8 Å². The molecule has 11 heteroatoms. The van der Waals surface area contributed by atoms with Gasteiger partial charge < -0.3 is 25.8 Å². The fourth-order valence-corrected chi connectivity index (χ4v) is 5.69. The molecule has 5 rings (SSSR count). The van der Waals surface area contributed by atoms with E-state index in [0.29, 0.717) is 34.1 Å². The Bertz CT molecular complexity index is 2020. The van der Waals surface area contributed by atoms with Crippen molar-refractivity contribution in [2.45, 2.75) is 23.7 Å². The first kappa shape index (κ1) is 35.5. The van der Waals surface area contributed by atoms with Crippen LogP contribution in [0.2, 0.25) is 5.02 Å². The van der Waals surface area contributed by atoms with Gasteiger partial charge in [0.2, 0.25) is 5.91 Å². The van der Waals surface area contributed by atoms with Crippen molar-refractivity contribution < 1.29 is 29.0 Å². The molecule has 0 aliphatic carbocycles. The highest BCUT2D eigenvalue weighted by molar-refractivity contribution is 8.00. The van der Waals surface area contributed by atoms with Crippen LogP contribution in [0.3, 0.4) is 0 Å². The third-order valence-corrected chi connectivity index (χ3v) is 8.64. The first-order valence-electron chi connectivity index (χ1n) is 15.4. The summed E-state index contributed by atoms with van der Waals surface area (Å²) in [6, 6.07) is 36.5. The maximum absolute atomic E-state index is 13.6. The standard InChI is InChI=1S/C39H32ClN3O6S/c1-25(36(44)42-34-22-29(39(47)48)17-20-33(34)40)50-32-14-8-13-30(23-32)41-38(46)35(43-37(45)28-11-6-3-7-12-28)21-26-15-18-31(19-16-26)49-24-27-9-4-2-5-10-27/h2-23,25H,24H2,1H3,(H,41,46)(H,42,44)(H,43,45)(H,47,48)/b35-21+. The number of carboxylic acid groups (broad SMARTS) is 1. The van der Waals surface area contributed by atoms with Crippen LogP contribution < -0.4 is 20.7 Å². The van der Waals surface area contributed by atoms with Gasteiger partial charge in [0, 0.05) is 16.1 Å². The van der Waals surface area contributed by atoms with Gasteiger partial charge in [0.05, 0.1) is 21.5 Å². The highest BCUT2D eigenvalue weighted by atomic mass is 35.5. The Morgan fingerprint density at radius 3 is 2.20 bits per heavy atom. The van der Waals surface area contributed by atoms with Crippen molar-refractivity contribution >= 4 is 64.5 Å². The van der Waals surface area contributed by atoms with Crippen LogP contribution >= 0.6 is 23.4 Å². The monoisotopic (exact) mass is 705 g/mol. The summed E-state index contributed by atoms with van der Waals surface area (Å²) in [4.78, 5) is 51.7. The minimum atomic E-state index is -1.14. The predicted molar refractivity (Wildman–Crippen MR) is 197 cm³/mol. The molecule has 1 unspecified atom stereocenters. The topological polar surface area (TPSA) is 134 Å². The van der Waals surface area contributed by atoms with Crippen LogP contribution in [0, 0.1) is 0 Å². The summed E-state index contributed by atoms with van der Waals surface area (Å²) in [6.45, 7) is 2.10. The molecule has 1 atom stereocenters. The average molecular weight is 706 g/mol. The van der Waals surface area contributed by atoms with E-state index in [2.05, 4.69) is 16.0 Å². The van der Waals surface area contributed by atoms with Gasteiger partial charge in [-0.25, -0.2) is 4.79 Å². The van der Waals surface area contributed by atoms with E-state index in [4.69, 9.17) is 16.3 Å². The Morgan fingerprint density at radius 1 is 0.800 bits per heavy atom. The van der Waals surface area contributed by atoms with E-state index < -0.39 is 23.0 Å². The molecule has 0 aromatic heterocycles. The molecule has 5 aromatic rings. The smallest absolute Gasteiger partial charge is 0.335 e. The van der Waals surface area contributed by atoms with Crippen LogP contribution in [0.15, 0.2) is 138 Å². The second kappa shape index (κ2) is 17.0. The Hall–Kier alpha value is -5.84. The molecule has 0 aliphatic rings. The minimum absolute atomic E-state index is 0.00769. The quantitative estimate of drug-likeness (QED) is 0.0718. The summed E-state index contributed by atoms with van der Waals surface area (Å²) in [6.07, 6.45) is 1.58. The van der Waals surface area contributed by atoms with E-state index in [0.717, 1.165) is 5.56 Å². The van der Waals surface area contributed by atoms with Crippen LogP contribution in [0.4, 0.5) is 11.4 Å². The van der Waals surface area contributed by atoms with Gasteiger partial charge >= 0.3 is 5.97 Å². The van der Waals surface area contributed by atoms with Gasteiger partial charge in [-0.1, -0.05) is 78.3 Å². The zero-order chi connectivity index (χ0) is 35.5. The molecular weight excluding hydrogens is 674 g/mol. The minimum Gasteiger partial charge on any atom is -0.489 e. The van der Waals surface area contributed by atoms with Crippen LogP contribution in [-0.4, -0.2) is 34.0 Å². The molecule has 0 aliphatic heterocycles. The zero-order valence-electron chi connectivity index (χ0n) is 26.8. The Balaban J connectivity index is 1.28. The van der Waals surface area contributed by atoms with Crippen molar-refractivity contribution in [1.82, 2.24) is 5.32 Å².